The smallest absolute Gasteiger partial charge is 0.255 e. The van der Waals surface area contributed by atoms with Crippen LogP contribution in [0.5, 0.6) is 0 Å². The second kappa shape index (κ2) is 8.60. The number of carbonyl (C=O) groups excluding carboxylic acids is 1. The molecule has 0 spiro atoms. The van der Waals surface area contributed by atoms with Crippen LogP contribution in [0.4, 0.5) is 8.78 Å². The van der Waals surface area contributed by atoms with E-state index in [0.29, 0.717) is 32.2 Å². The summed E-state index contributed by atoms with van der Waals surface area (Å²) in [7, 11) is 0. The second-order valence-electron chi connectivity index (χ2n) is 5.71. The number of hydrogen-bond donors (Lipinski definition) is 1. The van der Waals surface area contributed by atoms with Gasteiger partial charge in [-0.25, -0.2) is 8.78 Å². The monoisotopic (exact) mass is 306 g/mol. The van der Waals surface area contributed by atoms with Gasteiger partial charge < -0.3 is 19.7 Å². The number of piperidine rings is 1. The van der Waals surface area contributed by atoms with E-state index in [-0.39, 0.29) is 12.0 Å². The summed E-state index contributed by atoms with van der Waals surface area (Å²) in [6.07, 6.45) is -0.132. The van der Waals surface area contributed by atoms with Gasteiger partial charge in [-0.3, -0.25) is 4.79 Å². The van der Waals surface area contributed by atoms with Gasteiger partial charge in [0, 0.05) is 13.0 Å². The maximum atomic E-state index is 12.0. The average molecular weight is 306 g/mol. The molecule has 0 aromatic carbocycles. The second-order valence-corrected chi connectivity index (χ2v) is 5.71. The third-order valence-electron chi connectivity index (χ3n) is 3.98. The van der Waals surface area contributed by atoms with Gasteiger partial charge in [0.2, 0.25) is 5.91 Å². The number of nitrogens with one attached hydrogen (secondary N) is 1. The van der Waals surface area contributed by atoms with Gasteiger partial charge in [-0.15, -0.1) is 0 Å². The molecule has 2 heterocycles. The van der Waals surface area contributed by atoms with Crippen molar-refractivity contribution < 1.29 is 23.0 Å². The molecule has 5 nitrogen and oxygen atoms in total. The molecule has 0 radical (unpaired) electrons. The normalized spacial score (nSPS) is 25.2. The van der Waals surface area contributed by atoms with Gasteiger partial charge in [-0.05, 0) is 31.8 Å². The van der Waals surface area contributed by atoms with E-state index in [0.717, 1.165) is 32.5 Å². The predicted octanol–water partition coefficient (Wildman–Crippen LogP) is 0.885. The molecule has 2 aliphatic heterocycles. The summed E-state index contributed by atoms with van der Waals surface area (Å²) >= 11 is 0. The SMILES string of the molecule is O=C(CC1CCN(CC2COCCO2)CC1)NCC(F)F. The third-order valence-corrected chi connectivity index (χ3v) is 3.98. The number of rotatable bonds is 6. The maximum absolute atomic E-state index is 12.0. The zero-order valence-electron chi connectivity index (χ0n) is 12.2. The van der Waals surface area contributed by atoms with Gasteiger partial charge in [0.15, 0.2) is 0 Å². The van der Waals surface area contributed by atoms with E-state index >= 15 is 0 Å². The Hall–Kier alpha value is -0.790. The molecule has 1 N–H and O–H groups in total. The lowest BCUT2D eigenvalue weighted by Crippen LogP contribution is -2.43. The first kappa shape index (κ1) is 16.6. The first-order valence-electron chi connectivity index (χ1n) is 7.60. The van der Waals surface area contributed by atoms with E-state index in [1.807, 2.05) is 0 Å². The Morgan fingerprint density at radius 2 is 2.05 bits per heavy atom. The van der Waals surface area contributed by atoms with E-state index in [9.17, 15) is 13.6 Å². The Kier molecular flexibility index (Phi) is 6.79. The van der Waals surface area contributed by atoms with Crippen molar-refractivity contribution >= 4 is 5.91 Å². The number of amides is 1. The lowest BCUT2D eigenvalue weighted by atomic mass is 9.93. The molecule has 7 heteroatoms. The molecule has 21 heavy (non-hydrogen) atoms. The maximum Gasteiger partial charge on any atom is 0.255 e. The van der Waals surface area contributed by atoms with Gasteiger partial charge >= 0.3 is 0 Å². The van der Waals surface area contributed by atoms with Crippen LogP contribution in [0.2, 0.25) is 0 Å². The van der Waals surface area contributed by atoms with Crippen LogP contribution in [-0.4, -0.2) is 69.3 Å². The Morgan fingerprint density at radius 3 is 2.67 bits per heavy atom. The Labute approximate surface area is 124 Å². The summed E-state index contributed by atoms with van der Waals surface area (Å²) in [5, 5.41) is 2.27. The summed E-state index contributed by atoms with van der Waals surface area (Å²) in [4.78, 5) is 13.8. The van der Waals surface area contributed by atoms with Crippen molar-refractivity contribution in [3.8, 4) is 0 Å². The number of hydrogen-bond acceptors (Lipinski definition) is 4. The first-order chi connectivity index (χ1) is 10.1. The third kappa shape index (κ3) is 6.23. The van der Waals surface area contributed by atoms with E-state index in [1.54, 1.807) is 0 Å². The number of nitrogens with zero attached hydrogens (tertiary/aromatic N) is 1. The van der Waals surface area contributed by atoms with Crippen molar-refractivity contribution in [2.75, 3.05) is 46.0 Å². The number of halogens is 2. The van der Waals surface area contributed by atoms with E-state index in [4.69, 9.17) is 9.47 Å². The van der Waals surface area contributed by atoms with Crippen LogP contribution in [0.1, 0.15) is 19.3 Å². The molecule has 0 saturated carbocycles. The molecule has 2 fully saturated rings. The van der Waals surface area contributed by atoms with Gasteiger partial charge in [-0.2, -0.15) is 0 Å². The fourth-order valence-corrected chi connectivity index (χ4v) is 2.83. The quantitative estimate of drug-likeness (QED) is 0.792. The van der Waals surface area contributed by atoms with Crippen molar-refractivity contribution in [1.29, 1.82) is 0 Å². The molecule has 0 aromatic rings. The standard InChI is InChI=1S/C14H24F2N2O3/c15-13(16)8-17-14(19)7-11-1-3-18(4-2-11)9-12-10-20-5-6-21-12/h11-13H,1-10H2,(H,17,19). The van der Waals surface area contributed by atoms with Crippen molar-refractivity contribution in [2.45, 2.75) is 31.8 Å². The molecule has 1 unspecified atom stereocenters. The molecule has 0 bridgehead atoms. The van der Waals surface area contributed by atoms with Crippen molar-refractivity contribution in [2.24, 2.45) is 5.92 Å². The molecular formula is C14H24F2N2O3. The van der Waals surface area contributed by atoms with Gasteiger partial charge in [0.1, 0.15) is 0 Å². The molecule has 1 amide bonds. The minimum Gasteiger partial charge on any atom is -0.376 e. The van der Waals surface area contributed by atoms with Gasteiger partial charge in [0.05, 0.1) is 32.5 Å². The molecule has 0 aliphatic carbocycles. The van der Waals surface area contributed by atoms with Crippen LogP contribution in [0.25, 0.3) is 0 Å². The van der Waals surface area contributed by atoms with Crippen LogP contribution in [-0.2, 0) is 14.3 Å². The molecule has 122 valence electrons. The van der Waals surface area contributed by atoms with Crippen LogP contribution in [0.3, 0.4) is 0 Å². The van der Waals surface area contributed by atoms with Crippen molar-refractivity contribution in [3.05, 3.63) is 0 Å². The highest BCUT2D eigenvalue weighted by Gasteiger charge is 2.24. The Balaban J connectivity index is 1.60. The summed E-state index contributed by atoms with van der Waals surface area (Å²) in [5.74, 6) is 0.0280. The fraction of sp³-hybridized carbons (Fsp3) is 0.929. The summed E-state index contributed by atoms with van der Waals surface area (Å²) in [6, 6.07) is 0. The van der Waals surface area contributed by atoms with E-state index in [2.05, 4.69) is 10.2 Å². The van der Waals surface area contributed by atoms with Crippen molar-refractivity contribution in [3.63, 3.8) is 0 Å². The first-order valence-corrected chi connectivity index (χ1v) is 7.60. The van der Waals surface area contributed by atoms with E-state index in [1.165, 1.54) is 0 Å². The largest absolute Gasteiger partial charge is 0.376 e. The zero-order chi connectivity index (χ0) is 15.1. The van der Waals surface area contributed by atoms with Crippen LogP contribution >= 0.6 is 0 Å². The lowest BCUT2D eigenvalue weighted by Gasteiger charge is -2.35. The molecule has 2 aliphatic rings. The van der Waals surface area contributed by atoms with Crippen LogP contribution in [0.15, 0.2) is 0 Å². The Morgan fingerprint density at radius 1 is 1.29 bits per heavy atom. The van der Waals surface area contributed by atoms with Crippen LogP contribution in [0, 0.1) is 5.92 Å². The summed E-state index contributed by atoms with van der Waals surface area (Å²) < 4.78 is 35.0. The number of alkyl halides is 2. The lowest BCUT2D eigenvalue weighted by molar-refractivity contribution is -0.123. The molecule has 2 rings (SSSR count). The molecule has 2 saturated heterocycles. The molecule has 0 aromatic heterocycles. The number of ether oxygens (including phenoxy) is 2. The Bertz CT molecular complexity index is 317. The zero-order valence-corrected chi connectivity index (χ0v) is 12.2. The molecular weight excluding hydrogens is 282 g/mol. The minimum atomic E-state index is -2.48. The highest BCUT2D eigenvalue weighted by Crippen LogP contribution is 2.21. The topological polar surface area (TPSA) is 50.8 Å². The van der Waals surface area contributed by atoms with Gasteiger partial charge in [0.25, 0.3) is 6.43 Å². The number of likely N-dealkylation sites (tertiary alicyclic amines) is 1. The fourth-order valence-electron chi connectivity index (χ4n) is 2.83. The highest BCUT2D eigenvalue weighted by atomic mass is 19.3. The highest BCUT2D eigenvalue weighted by molar-refractivity contribution is 5.76. The average Bonchev–Trinajstić information content (AvgIpc) is 2.48. The summed E-state index contributed by atoms with van der Waals surface area (Å²) in [5.41, 5.74) is 0. The van der Waals surface area contributed by atoms with Gasteiger partial charge in [-0.1, -0.05) is 0 Å². The number of carbonyl (C=O) groups is 1. The summed E-state index contributed by atoms with van der Waals surface area (Å²) in [6.45, 7) is 4.15. The minimum absolute atomic E-state index is 0.143. The molecule has 1 atom stereocenters. The van der Waals surface area contributed by atoms with E-state index < -0.39 is 13.0 Å². The van der Waals surface area contributed by atoms with Crippen LogP contribution < -0.4 is 5.32 Å². The van der Waals surface area contributed by atoms with Crippen molar-refractivity contribution in [1.82, 2.24) is 10.2 Å². The predicted molar refractivity (Wildman–Crippen MR) is 73.4 cm³/mol.